The van der Waals surface area contributed by atoms with Crippen LogP contribution in [0.4, 0.5) is 0 Å². The number of carboxylic acids is 1. The molecule has 0 spiro atoms. The lowest BCUT2D eigenvalue weighted by atomic mass is 9.88. The third kappa shape index (κ3) is 2.82. The summed E-state index contributed by atoms with van der Waals surface area (Å²) >= 11 is 1.68. The fraction of sp³-hybridized carbons (Fsp3) is 0.235. The van der Waals surface area contributed by atoms with Crippen LogP contribution in [0.3, 0.4) is 0 Å². The molecule has 1 fully saturated rings. The fourth-order valence-electron chi connectivity index (χ4n) is 2.73. The molecule has 0 aliphatic carbocycles. The number of carboxylic acid groups (broad SMARTS) is 1. The molecule has 0 saturated carbocycles. The van der Waals surface area contributed by atoms with Gasteiger partial charge in [-0.15, -0.1) is 0 Å². The number of aliphatic carboxylic acids is 1. The molecule has 0 unspecified atom stereocenters. The molecule has 1 aliphatic rings. The molecule has 2 aromatic rings. The highest BCUT2D eigenvalue weighted by molar-refractivity contribution is 7.99. The Kier molecular flexibility index (Phi) is 3.99. The number of hydrogen-bond acceptors (Lipinski definition) is 3. The molecule has 1 saturated heterocycles. The second-order valence-corrected chi connectivity index (χ2v) is 6.33. The van der Waals surface area contributed by atoms with Crippen molar-refractivity contribution in [3.63, 3.8) is 0 Å². The van der Waals surface area contributed by atoms with Crippen molar-refractivity contribution in [3.05, 3.63) is 60.2 Å². The molecule has 3 rings (SSSR count). The van der Waals surface area contributed by atoms with Gasteiger partial charge in [0.1, 0.15) is 5.54 Å². The van der Waals surface area contributed by atoms with Gasteiger partial charge < -0.3 is 5.11 Å². The molecule has 0 bridgehead atoms. The van der Waals surface area contributed by atoms with Crippen LogP contribution in [-0.2, 0) is 10.3 Å². The van der Waals surface area contributed by atoms with Gasteiger partial charge in [0.25, 0.3) is 0 Å². The van der Waals surface area contributed by atoms with Gasteiger partial charge >= 0.3 is 5.97 Å². The quantitative estimate of drug-likeness (QED) is 0.907. The molecule has 108 valence electrons. The summed E-state index contributed by atoms with van der Waals surface area (Å²) in [5, 5.41) is 12.7. The Morgan fingerprint density at radius 3 is 2.29 bits per heavy atom. The Labute approximate surface area is 128 Å². The van der Waals surface area contributed by atoms with E-state index in [1.807, 2.05) is 42.5 Å². The minimum Gasteiger partial charge on any atom is -0.480 e. The van der Waals surface area contributed by atoms with Gasteiger partial charge in [0, 0.05) is 9.79 Å². The zero-order valence-electron chi connectivity index (χ0n) is 11.6. The van der Waals surface area contributed by atoms with Gasteiger partial charge in [-0.05, 0) is 49.2 Å². The maximum absolute atomic E-state index is 11.6. The van der Waals surface area contributed by atoms with Gasteiger partial charge in [-0.3, -0.25) is 5.32 Å². The van der Waals surface area contributed by atoms with Crippen LogP contribution in [0.2, 0.25) is 0 Å². The molecular formula is C17H17NO2S. The van der Waals surface area contributed by atoms with Gasteiger partial charge in [0.15, 0.2) is 0 Å². The summed E-state index contributed by atoms with van der Waals surface area (Å²) in [7, 11) is 0. The number of benzene rings is 2. The van der Waals surface area contributed by atoms with Crippen LogP contribution in [0, 0.1) is 0 Å². The first-order chi connectivity index (χ1) is 10.2. The third-order valence-corrected chi connectivity index (χ3v) is 4.86. The summed E-state index contributed by atoms with van der Waals surface area (Å²) in [4.78, 5) is 13.9. The van der Waals surface area contributed by atoms with Crippen molar-refractivity contribution in [1.29, 1.82) is 0 Å². The SMILES string of the molecule is O=C(O)[C@]1(c2ccc(Sc3ccccc3)cc2)CCCN1. The van der Waals surface area contributed by atoms with Gasteiger partial charge in [0.2, 0.25) is 0 Å². The van der Waals surface area contributed by atoms with Crippen molar-refractivity contribution in [1.82, 2.24) is 5.32 Å². The normalized spacial score (nSPS) is 21.3. The maximum Gasteiger partial charge on any atom is 0.328 e. The van der Waals surface area contributed by atoms with Crippen LogP contribution in [0.15, 0.2) is 64.4 Å². The molecule has 1 heterocycles. The Balaban J connectivity index is 1.82. The summed E-state index contributed by atoms with van der Waals surface area (Å²) in [6.45, 7) is 0.757. The van der Waals surface area contributed by atoms with E-state index in [0.717, 1.165) is 23.4 Å². The van der Waals surface area contributed by atoms with Gasteiger partial charge in [-0.25, -0.2) is 4.79 Å². The third-order valence-electron chi connectivity index (χ3n) is 3.85. The second-order valence-electron chi connectivity index (χ2n) is 5.18. The molecule has 2 N–H and O–H groups in total. The monoisotopic (exact) mass is 299 g/mol. The summed E-state index contributed by atoms with van der Waals surface area (Å²) in [5.41, 5.74) is -0.0689. The smallest absolute Gasteiger partial charge is 0.328 e. The highest BCUT2D eigenvalue weighted by atomic mass is 32.2. The van der Waals surface area contributed by atoms with Gasteiger partial charge in [0.05, 0.1) is 0 Å². The molecule has 1 aliphatic heterocycles. The summed E-state index contributed by atoms with van der Waals surface area (Å²) in [5.74, 6) is -0.788. The number of carbonyl (C=O) groups is 1. The van der Waals surface area contributed by atoms with Crippen molar-refractivity contribution < 1.29 is 9.90 Å². The summed E-state index contributed by atoms with van der Waals surface area (Å²) < 4.78 is 0. The standard InChI is InChI=1S/C17H17NO2S/c19-16(20)17(11-4-12-18-17)13-7-9-15(10-8-13)21-14-5-2-1-3-6-14/h1-3,5-10,18H,4,11-12H2,(H,19,20)/t17-/m1/s1. The van der Waals surface area contributed by atoms with E-state index in [1.165, 1.54) is 4.90 Å². The molecule has 21 heavy (non-hydrogen) atoms. The first-order valence-electron chi connectivity index (χ1n) is 7.03. The van der Waals surface area contributed by atoms with Gasteiger partial charge in [-0.1, -0.05) is 42.1 Å². The topological polar surface area (TPSA) is 49.3 Å². The first-order valence-corrected chi connectivity index (χ1v) is 7.84. The molecule has 0 aromatic heterocycles. The van der Waals surface area contributed by atoms with E-state index < -0.39 is 11.5 Å². The lowest BCUT2D eigenvalue weighted by molar-refractivity contribution is -0.144. The molecule has 1 atom stereocenters. The largest absolute Gasteiger partial charge is 0.480 e. The van der Waals surface area contributed by atoms with Crippen molar-refractivity contribution in [3.8, 4) is 0 Å². The molecule has 0 amide bonds. The molecule has 3 nitrogen and oxygen atoms in total. The molecular weight excluding hydrogens is 282 g/mol. The van der Waals surface area contributed by atoms with Crippen LogP contribution >= 0.6 is 11.8 Å². The maximum atomic E-state index is 11.6. The first kappa shape index (κ1) is 14.2. The number of nitrogens with one attached hydrogen (secondary N) is 1. The highest BCUT2D eigenvalue weighted by Gasteiger charge is 2.42. The van der Waals surface area contributed by atoms with Gasteiger partial charge in [-0.2, -0.15) is 0 Å². The predicted molar refractivity (Wildman–Crippen MR) is 83.6 cm³/mol. The fourth-order valence-corrected chi connectivity index (χ4v) is 3.57. The number of hydrogen-bond donors (Lipinski definition) is 2. The zero-order valence-corrected chi connectivity index (χ0v) is 12.4. The van der Waals surface area contributed by atoms with E-state index in [4.69, 9.17) is 0 Å². The van der Waals surface area contributed by atoms with Crippen molar-refractivity contribution in [2.24, 2.45) is 0 Å². The average molecular weight is 299 g/mol. The van der Waals surface area contributed by atoms with Crippen molar-refractivity contribution >= 4 is 17.7 Å². The minimum atomic E-state index is -0.907. The highest BCUT2D eigenvalue weighted by Crippen LogP contribution is 2.34. The molecule has 2 aromatic carbocycles. The summed E-state index contributed by atoms with van der Waals surface area (Å²) in [6, 6.07) is 18.0. The van der Waals surface area contributed by atoms with E-state index in [-0.39, 0.29) is 0 Å². The van der Waals surface area contributed by atoms with E-state index >= 15 is 0 Å². The van der Waals surface area contributed by atoms with Crippen molar-refractivity contribution in [2.75, 3.05) is 6.54 Å². The van der Waals surface area contributed by atoms with E-state index in [1.54, 1.807) is 11.8 Å². The van der Waals surface area contributed by atoms with Crippen molar-refractivity contribution in [2.45, 2.75) is 28.2 Å². The Morgan fingerprint density at radius 1 is 1.05 bits per heavy atom. The van der Waals surface area contributed by atoms with Crippen LogP contribution in [-0.4, -0.2) is 17.6 Å². The molecule has 4 heteroatoms. The Bertz CT molecular complexity index is 619. The Morgan fingerprint density at radius 2 is 1.71 bits per heavy atom. The van der Waals surface area contributed by atoms with Crippen LogP contribution in [0.25, 0.3) is 0 Å². The van der Waals surface area contributed by atoms with Crippen LogP contribution in [0.1, 0.15) is 18.4 Å². The average Bonchev–Trinajstić information content (AvgIpc) is 3.00. The Hall–Kier alpha value is -1.78. The predicted octanol–water partition coefficient (Wildman–Crippen LogP) is 3.50. The van der Waals surface area contributed by atoms with E-state index in [2.05, 4.69) is 17.4 Å². The van der Waals surface area contributed by atoms with Crippen LogP contribution in [0.5, 0.6) is 0 Å². The lowest BCUT2D eigenvalue weighted by Crippen LogP contribution is -2.44. The van der Waals surface area contributed by atoms with Crippen LogP contribution < -0.4 is 5.32 Å². The summed E-state index contributed by atoms with van der Waals surface area (Å²) in [6.07, 6.45) is 1.54. The van der Waals surface area contributed by atoms with E-state index in [9.17, 15) is 9.90 Å². The zero-order chi connectivity index (χ0) is 14.7. The minimum absolute atomic E-state index is 0.646. The lowest BCUT2D eigenvalue weighted by Gasteiger charge is -2.25. The molecule has 0 radical (unpaired) electrons. The van der Waals surface area contributed by atoms with E-state index in [0.29, 0.717) is 6.42 Å². The number of rotatable bonds is 4. The second kappa shape index (κ2) is 5.92.